The highest BCUT2D eigenvalue weighted by atomic mass is 79.9. The van der Waals surface area contributed by atoms with E-state index in [1.165, 1.54) is 24.4 Å². The highest BCUT2D eigenvalue weighted by molar-refractivity contribution is 9.10. The lowest BCUT2D eigenvalue weighted by atomic mass is 9.85. The Balaban J connectivity index is 1.50. The van der Waals surface area contributed by atoms with Gasteiger partial charge in [0.1, 0.15) is 4.90 Å². The molecule has 0 aliphatic heterocycles. The van der Waals surface area contributed by atoms with Crippen molar-refractivity contribution >= 4 is 38.2 Å². The van der Waals surface area contributed by atoms with Crippen LogP contribution in [0.25, 0.3) is 0 Å². The third-order valence-corrected chi connectivity index (χ3v) is 7.42. The van der Waals surface area contributed by atoms with Crippen LogP contribution in [0.1, 0.15) is 22.3 Å². The average molecular weight is 579 g/mol. The number of carbonyl (C=O) groups excluding carboxylic acids is 1. The molecule has 0 saturated heterocycles. The van der Waals surface area contributed by atoms with Crippen molar-refractivity contribution in [3.8, 4) is 5.75 Å². The predicted octanol–water partition coefficient (Wildman–Crippen LogP) is 4.91. The molecule has 188 valence electrons. The van der Waals surface area contributed by atoms with Gasteiger partial charge in [0, 0.05) is 0 Å². The number of aryl methyl sites for hydroxylation is 1. The number of nitrogens with zero attached hydrogens (tertiary/aromatic N) is 1. The number of nitrogens with one attached hydrogen (secondary N) is 1. The van der Waals surface area contributed by atoms with E-state index in [1.54, 1.807) is 84.9 Å². The number of hydrogen-bond donors (Lipinski definition) is 2. The number of benzene rings is 4. The summed E-state index contributed by atoms with van der Waals surface area (Å²) in [6.45, 7) is 1.86. The summed E-state index contributed by atoms with van der Waals surface area (Å²) >= 11 is 3.32. The van der Waals surface area contributed by atoms with Gasteiger partial charge < -0.3 is 9.29 Å². The van der Waals surface area contributed by atoms with Gasteiger partial charge in [-0.2, -0.15) is 13.5 Å². The summed E-state index contributed by atoms with van der Waals surface area (Å²) in [7, 11) is -4.01. The Morgan fingerprint density at radius 3 is 2.03 bits per heavy atom. The van der Waals surface area contributed by atoms with Crippen molar-refractivity contribution in [2.45, 2.75) is 17.4 Å². The van der Waals surface area contributed by atoms with Gasteiger partial charge in [0.15, 0.2) is 11.4 Å². The van der Waals surface area contributed by atoms with Gasteiger partial charge in [0.25, 0.3) is 5.91 Å². The van der Waals surface area contributed by atoms with E-state index in [0.717, 1.165) is 5.56 Å². The molecular weight excluding hydrogens is 556 g/mol. The van der Waals surface area contributed by atoms with Crippen molar-refractivity contribution in [2.24, 2.45) is 5.10 Å². The van der Waals surface area contributed by atoms with Gasteiger partial charge >= 0.3 is 10.1 Å². The summed E-state index contributed by atoms with van der Waals surface area (Å²) in [4.78, 5) is 13.2. The monoisotopic (exact) mass is 578 g/mol. The van der Waals surface area contributed by atoms with Crippen LogP contribution in [0.3, 0.4) is 0 Å². The first-order chi connectivity index (χ1) is 17.7. The van der Waals surface area contributed by atoms with Crippen molar-refractivity contribution in [3.05, 3.63) is 130 Å². The Hall–Kier alpha value is -3.79. The Morgan fingerprint density at radius 2 is 1.49 bits per heavy atom. The second-order valence-corrected chi connectivity index (χ2v) is 10.6. The SMILES string of the molecule is Cc1ccc(S(=O)(=O)Oc2ccc(/C=N\NC(=O)C(O)(c3ccccc3)c3ccccc3)cc2Br)cc1. The molecule has 0 unspecified atom stereocenters. The van der Waals surface area contributed by atoms with E-state index in [9.17, 15) is 18.3 Å². The van der Waals surface area contributed by atoms with E-state index in [0.29, 0.717) is 21.2 Å². The average Bonchev–Trinajstić information content (AvgIpc) is 2.91. The maximum absolute atomic E-state index is 13.1. The second-order valence-electron chi connectivity index (χ2n) is 8.18. The molecule has 4 rings (SSSR count). The number of carbonyl (C=O) groups is 1. The van der Waals surface area contributed by atoms with E-state index in [-0.39, 0.29) is 10.6 Å². The maximum Gasteiger partial charge on any atom is 0.339 e. The number of hydrazone groups is 1. The maximum atomic E-state index is 13.1. The predicted molar refractivity (Wildman–Crippen MR) is 145 cm³/mol. The summed E-state index contributed by atoms with van der Waals surface area (Å²) in [6.07, 6.45) is 1.37. The largest absolute Gasteiger partial charge is 0.378 e. The lowest BCUT2D eigenvalue weighted by Crippen LogP contribution is -2.43. The third-order valence-electron chi connectivity index (χ3n) is 5.56. The van der Waals surface area contributed by atoms with Crippen LogP contribution in [0.15, 0.2) is 118 Å². The van der Waals surface area contributed by atoms with Gasteiger partial charge in [-0.3, -0.25) is 4.79 Å². The van der Waals surface area contributed by atoms with Crippen molar-refractivity contribution < 1.29 is 22.5 Å². The molecule has 4 aromatic carbocycles. The van der Waals surface area contributed by atoms with Crippen LogP contribution < -0.4 is 9.61 Å². The second kappa shape index (κ2) is 11.1. The third kappa shape index (κ3) is 5.96. The molecular formula is C28H23BrN2O5S. The summed E-state index contributed by atoms with van der Waals surface area (Å²) in [5.74, 6) is -0.631. The fourth-order valence-corrected chi connectivity index (χ4v) is 5.10. The zero-order valence-electron chi connectivity index (χ0n) is 19.7. The summed E-state index contributed by atoms with van der Waals surface area (Å²) < 4.78 is 30.8. The van der Waals surface area contributed by atoms with Crippen LogP contribution in [0.4, 0.5) is 0 Å². The molecule has 1 amide bonds. The van der Waals surface area contributed by atoms with Crippen LogP contribution in [0.2, 0.25) is 0 Å². The number of halogens is 1. The van der Waals surface area contributed by atoms with Crippen molar-refractivity contribution in [2.75, 3.05) is 0 Å². The molecule has 37 heavy (non-hydrogen) atoms. The molecule has 0 aromatic heterocycles. The Morgan fingerprint density at radius 1 is 0.919 bits per heavy atom. The molecule has 7 nitrogen and oxygen atoms in total. The summed E-state index contributed by atoms with van der Waals surface area (Å²) in [5.41, 5.74) is 2.73. The molecule has 4 aromatic rings. The molecule has 0 bridgehead atoms. The Bertz CT molecular complexity index is 1480. The fraction of sp³-hybridized carbons (Fsp3) is 0.0714. The lowest BCUT2D eigenvalue weighted by molar-refractivity contribution is -0.136. The highest BCUT2D eigenvalue weighted by Crippen LogP contribution is 2.30. The molecule has 2 N–H and O–H groups in total. The molecule has 0 aliphatic rings. The topological polar surface area (TPSA) is 105 Å². The highest BCUT2D eigenvalue weighted by Gasteiger charge is 2.39. The molecule has 0 spiro atoms. The normalized spacial score (nSPS) is 11.9. The zero-order valence-corrected chi connectivity index (χ0v) is 22.1. The summed E-state index contributed by atoms with van der Waals surface area (Å²) in [5, 5.41) is 15.4. The van der Waals surface area contributed by atoms with Crippen LogP contribution in [0, 0.1) is 6.92 Å². The van der Waals surface area contributed by atoms with Crippen LogP contribution in [-0.4, -0.2) is 25.6 Å². The quantitative estimate of drug-likeness (QED) is 0.175. The van der Waals surface area contributed by atoms with E-state index >= 15 is 0 Å². The van der Waals surface area contributed by atoms with Gasteiger partial charge in [-0.05, 0) is 69.9 Å². The molecule has 0 atom stereocenters. The molecule has 9 heteroatoms. The minimum atomic E-state index is -4.01. The van der Waals surface area contributed by atoms with Gasteiger partial charge in [-0.25, -0.2) is 5.43 Å². The van der Waals surface area contributed by atoms with Crippen molar-refractivity contribution in [1.82, 2.24) is 5.43 Å². The van der Waals surface area contributed by atoms with E-state index < -0.39 is 21.6 Å². The molecule has 0 fully saturated rings. The van der Waals surface area contributed by atoms with Gasteiger partial charge in [0.05, 0.1) is 10.7 Å². The number of rotatable bonds is 8. The number of aliphatic hydroxyl groups is 1. The minimum Gasteiger partial charge on any atom is -0.378 e. The van der Waals surface area contributed by atoms with Crippen LogP contribution >= 0.6 is 15.9 Å². The fourth-order valence-electron chi connectivity index (χ4n) is 3.57. The standard InChI is InChI=1S/C28H23BrN2O5S/c1-20-12-15-24(16-13-20)37(34,35)36-26-17-14-21(18-25(26)29)19-30-31-27(32)28(33,22-8-4-2-5-9-22)23-10-6-3-7-11-23/h2-19,33H,1H3,(H,31,32)/b30-19-. The summed E-state index contributed by atoms with van der Waals surface area (Å²) in [6, 6.07) is 28.2. The lowest BCUT2D eigenvalue weighted by Gasteiger charge is -2.27. The number of amides is 1. The Kier molecular flexibility index (Phi) is 7.87. The van der Waals surface area contributed by atoms with Crippen molar-refractivity contribution in [1.29, 1.82) is 0 Å². The molecule has 0 saturated carbocycles. The first-order valence-corrected chi connectivity index (χ1v) is 13.4. The van der Waals surface area contributed by atoms with Crippen molar-refractivity contribution in [3.63, 3.8) is 0 Å². The number of hydrogen-bond acceptors (Lipinski definition) is 6. The van der Waals surface area contributed by atoms with E-state index in [4.69, 9.17) is 4.18 Å². The Labute approximate surface area is 223 Å². The first kappa shape index (κ1) is 26.3. The van der Waals surface area contributed by atoms with E-state index in [1.807, 2.05) is 6.92 Å². The van der Waals surface area contributed by atoms with E-state index in [2.05, 4.69) is 26.5 Å². The van der Waals surface area contributed by atoms with Gasteiger partial charge in [0.2, 0.25) is 0 Å². The van der Waals surface area contributed by atoms with Crippen LogP contribution in [0.5, 0.6) is 5.75 Å². The van der Waals surface area contributed by atoms with Gasteiger partial charge in [-0.15, -0.1) is 0 Å². The molecule has 0 aliphatic carbocycles. The molecule has 0 heterocycles. The molecule has 0 radical (unpaired) electrons. The van der Waals surface area contributed by atoms with Gasteiger partial charge in [-0.1, -0.05) is 78.4 Å². The van der Waals surface area contributed by atoms with Crippen LogP contribution in [-0.2, 0) is 20.5 Å². The zero-order chi connectivity index (χ0) is 26.5. The smallest absolute Gasteiger partial charge is 0.339 e. The first-order valence-electron chi connectivity index (χ1n) is 11.2. The minimum absolute atomic E-state index is 0.0441.